The summed E-state index contributed by atoms with van der Waals surface area (Å²) >= 11 is 0. The minimum atomic E-state index is 0.514. The predicted molar refractivity (Wildman–Crippen MR) is 73.8 cm³/mol. The summed E-state index contributed by atoms with van der Waals surface area (Å²) in [6.45, 7) is 4.66. The third-order valence-electron chi connectivity index (χ3n) is 4.68. The molecule has 0 radical (unpaired) electrons. The van der Waals surface area contributed by atoms with Gasteiger partial charge in [-0.25, -0.2) is 0 Å². The summed E-state index contributed by atoms with van der Waals surface area (Å²) in [7, 11) is 0. The van der Waals surface area contributed by atoms with Gasteiger partial charge in [-0.15, -0.1) is 0 Å². The fourth-order valence-corrected chi connectivity index (χ4v) is 3.33. The normalized spacial score (nSPS) is 34.7. The number of likely N-dealkylation sites (tertiary alicyclic amines) is 1. The van der Waals surface area contributed by atoms with Crippen LogP contribution in [-0.2, 0) is 4.74 Å². The first kappa shape index (κ1) is 12.9. The van der Waals surface area contributed by atoms with Crippen molar-refractivity contribution in [2.24, 2.45) is 0 Å². The van der Waals surface area contributed by atoms with Gasteiger partial charge in [0.2, 0.25) is 0 Å². The smallest absolute Gasteiger partial charge is 0.0702 e. The van der Waals surface area contributed by atoms with Gasteiger partial charge < -0.3 is 10.1 Å². The first-order valence-electron chi connectivity index (χ1n) is 8.01. The van der Waals surface area contributed by atoms with Gasteiger partial charge in [-0.1, -0.05) is 6.42 Å². The molecular formula is C15H28N2O. The van der Waals surface area contributed by atoms with E-state index in [0.29, 0.717) is 6.10 Å². The van der Waals surface area contributed by atoms with Gasteiger partial charge in [0.25, 0.3) is 0 Å². The van der Waals surface area contributed by atoms with Crippen LogP contribution in [0.25, 0.3) is 0 Å². The Labute approximate surface area is 111 Å². The van der Waals surface area contributed by atoms with Crippen molar-refractivity contribution in [1.29, 1.82) is 0 Å². The molecule has 2 unspecified atom stereocenters. The van der Waals surface area contributed by atoms with Crippen LogP contribution in [-0.4, -0.2) is 49.3 Å². The van der Waals surface area contributed by atoms with Crippen molar-refractivity contribution in [1.82, 2.24) is 10.2 Å². The second-order valence-corrected chi connectivity index (χ2v) is 6.32. The number of nitrogens with one attached hydrogen (secondary N) is 1. The molecule has 2 atom stereocenters. The van der Waals surface area contributed by atoms with Gasteiger partial charge in [-0.05, 0) is 51.5 Å². The molecule has 0 aromatic heterocycles. The van der Waals surface area contributed by atoms with Crippen LogP contribution in [0.1, 0.15) is 51.4 Å². The molecule has 18 heavy (non-hydrogen) atoms. The highest BCUT2D eigenvalue weighted by atomic mass is 16.5. The number of ether oxygens (including phenoxy) is 1. The average molecular weight is 252 g/mol. The van der Waals surface area contributed by atoms with Gasteiger partial charge in [0, 0.05) is 31.8 Å². The lowest BCUT2D eigenvalue weighted by molar-refractivity contribution is -0.0191. The average Bonchev–Trinajstić information content (AvgIpc) is 3.23. The highest BCUT2D eigenvalue weighted by Crippen LogP contribution is 2.23. The Hall–Kier alpha value is -0.120. The van der Waals surface area contributed by atoms with Crippen molar-refractivity contribution >= 4 is 0 Å². The molecule has 3 aliphatic rings. The number of hydrogen-bond donors (Lipinski definition) is 1. The van der Waals surface area contributed by atoms with Crippen LogP contribution in [0.5, 0.6) is 0 Å². The number of piperidine rings is 1. The minimum Gasteiger partial charge on any atom is -0.377 e. The van der Waals surface area contributed by atoms with E-state index in [1.807, 2.05) is 0 Å². The fourth-order valence-electron chi connectivity index (χ4n) is 3.33. The maximum atomic E-state index is 5.90. The molecule has 3 nitrogen and oxygen atoms in total. The van der Waals surface area contributed by atoms with Crippen LogP contribution in [0.4, 0.5) is 0 Å². The van der Waals surface area contributed by atoms with Crippen LogP contribution >= 0.6 is 0 Å². The van der Waals surface area contributed by atoms with Crippen molar-refractivity contribution in [3.8, 4) is 0 Å². The van der Waals surface area contributed by atoms with E-state index in [-0.39, 0.29) is 0 Å². The number of hydrogen-bond acceptors (Lipinski definition) is 3. The largest absolute Gasteiger partial charge is 0.377 e. The second-order valence-electron chi connectivity index (χ2n) is 6.32. The number of nitrogens with zero attached hydrogens (tertiary/aromatic N) is 1. The van der Waals surface area contributed by atoms with Crippen molar-refractivity contribution in [3.05, 3.63) is 0 Å². The molecule has 1 saturated carbocycles. The van der Waals surface area contributed by atoms with Crippen LogP contribution in [0.3, 0.4) is 0 Å². The third-order valence-corrected chi connectivity index (χ3v) is 4.68. The minimum absolute atomic E-state index is 0.514. The summed E-state index contributed by atoms with van der Waals surface area (Å²) in [5.41, 5.74) is 0. The van der Waals surface area contributed by atoms with E-state index < -0.39 is 0 Å². The van der Waals surface area contributed by atoms with Crippen molar-refractivity contribution < 1.29 is 4.74 Å². The lowest BCUT2D eigenvalue weighted by Gasteiger charge is -2.38. The van der Waals surface area contributed by atoms with Crippen LogP contribution in [0.2, 0.25) is 0 Å². The predicted octanol–water partition coefficient (Wildman–Crippen LogP) is 2.16. The lowest BCUT2D eigenvalue weighted by atomic mass is 10.00. The Morgan fingerprint density at radius 1 is 1.00 bits per heavy atom. The summed E-state index contributed by atoms with van der Waals surface area (Å²) in [6.07, 6.45) is 11.4. The second kappa shape index (κ2) is 6.36. The van der Waals surface area contributed by atoms with Crippen LogP contribution in [0.15, 0.2) is 0 Å². The maximum Gasteiger partial charge on any atom is 0.0702 e. The zero-order valence-corrected chi connectivity index (χ0v) is 11.6. The fraction of sp³-hybridized carbons (Fsp3) is 1.00. The van der Waals surface area contributed by atoms with E-state index in [2.05, 4.69) is 10.2 Å². The lowest BCUT2D eigenvalue weighted by Crippen LogP contribution is -2.49. The van der Waals surface area contributed by atoms with Gasteiger partial charge in [-0.2, -0.15) is 0 Å². The van der Waals surface area contributed by atoms with Gasteiger partial charge in [0.15, 0.2) is 0 Å². The molecule has 1 N–H and O–H groups in total. The Bertz CT molecular complexity index is 249. The Morgan fingerprint density at radius 3 is 2.67 bits per heavy atom. The van der Waals surface area contributed by atoms with Gasteiger partial charge in [0.1, 0.15) is 0 Å². The highest BCUT2D eigenvalue weighted by molar-refractivity contribution is 4.86. The number of rotatable bonds is 5. The van der Waals surface area contributed by atoms with Crippen molar-refractivity contribution in [3.63, 3.8) is 0 Å². The molecule has 0 bridgehead atoms. The van der Waals surface area contributed by atoms with Gasteiger partial charge in [-0.3, -0.25) is 4.90 Å². The molecule has 104 valence electrons. The van der Waals surface area contributed by atoms with E-state index in [1.54, 1.807) is 0 Å². The summed E-state index contributed by atoms with van der Waals surface area (Å²) in [6, 6.07) is 1.62. The summed E-state index contributed by atoms with van der Waals surface area (Å²) in [5.74, 6) is 0. The first-order chi connectivity index (χ1) is 8.92. The molecule has 0 amide bonds. The molecule has 3 fully saturated rings. The maximum absolute atomic E-state index is 5.90. The molecule has 2 heterocycles. The molecule has 1 aliphatic carbocycles. The molecule has 0 aromatic rings. The zero-order chi connectivity index (χ0) is 12.2. The van der Waals surface area contributed by atoms with E-state index in [4.69, 9.17) is 4.74 Å². The standard InChI is InChI=1S/C15H28N2O/c1-3-9-17(12-15-6-2-4-10-18-15)14(5-1)11-16-13-7-8-13/h13-16H,1-12H2. The van der Waals surface area contributed by atoms with Crippen molar-refractivity contribution in [2.45, 2.75) is 69.6 Å². The third kappa shape index (κ3) is 3.69. The Kier molecular flexibility index (Phi) is 4.55. The molecule has 2 aliphatic heterocycles. The molecule has 3 rings (SSSR count). The topological polar surface area (TPSA) is 24.5 Å². The van der Waals surface area contributed by atoms with E-state index in [0.717, 1.165) is 18.7 Å². The monoisotopic (exact) mass is 252 g/mol. The summed E-state index contributed by atoms with van der Waals surface area (Å²) in [5, 5.41) is 3.71. The molecule has 0 spiro atoms. The van der Waals surface area contributed by atoms with Gasteiger partial charge >= 0.3 is 0 Å². The molecule has 2 saturated heterocycles. The zero-order valence-electron chi connectivity index (χ0n) is 11.6. The van der Waals surface area contributed by atoms with Crippen LogP contribution in [0, 0.1) is 0 Å². The Morgan fingerprint density at radius 2 is 1.89 bits per heavy atom. The highest BCUT2D eigenvalue weighted by Gasteiger charge is 2.28. The molecular weight excluding hydrogens is 224 g/mol. The summed E-state index contributed by atoms with van der Waals surface area (Å²) < 4.78 is 5.90. The van der Waals surface area contributed by atoms with Crippen LogP contribution < -0.4 is 5.32 Å². The van der Waals surface area contributed by atoms with E-state index in [9.17, 15) is 0 Å². The van der Waals surface area contributed by atoms with Gasteiger partial charge in [0.05, 0.1) is 6.10 Å². The van der Waals surface area contributed by atoms with Crippen molar-refractivity contribution in [2.75, 3.05) is 26.2 Å². The van der Waals surface area contributed by atoms with E-state index >= 15 is 0 Å². The van der Waals surface area contributed by atoms with E-state index in [1.165, 1.54) is 71.0 Å². The first-order valence-corrected chi connectivity index (χ1v) is 8.01. The SMILES string of the molecule is C1CCC(CN2CCCCC2CNC2CC2)OC1. The Balaban J connectivity index is 1.46. The molecule has 3 heteroatoms. The quantitative estimate of drug-likeness (QED) is 0.811. The summed E-state index contributed by atoms with van der Waals surface area (Å²) in [4.78, 5) is 2.70. The molecule has 0 aromatic carbocycles.